The number of hydrogen-bond acceptors (Lipinski definition) is 2. The highest BCUT2D eigenvalue weighted by atomic mass is 16.3. The van der Waals surface area contributed by atoms with Crippen molar-refractivity contribution in [1.82, 2.24) is 9.55 Å². The number of fused-ring (bicyclic) bond motifs is 11. The number of para-hydroxylation sites is 2. The third-order valence-corrected chi connectivity index (χ3v) is 12.9. The maximum Gasteiger partial charge on any atom is 0.137 e. The summed E-state index contributed by atoms with van der Waals surface area (Å²) >= 11 is 0. The molecule has 0 aliphatic heterocycles. The maximum atomic E-state index is 7.03. The number of furan rings is 1. The molecule has 0 bridgehead atoms. The Morgan fingerprint density at radius 3 is 1.95 bits per heavy atom. The van der Waals surface area contributed by atoms with E-state index < -0.39 is 0 Å². The summed E-state index contributed by atoms with van der Waals surface area (Å²) in [4.78, 5) is 5.16. The number of benzene rings is 9. The molecule has 0 saturated carbocycles. The van der Waals surface area contributed by atoms with Crippen LogP contribution in [0.15, 0.2) is 217 Å². The molecule has 0 fully saturated rings. The quantitative estimate of drug-likeness (QED) is 0.174. The van der Waals surface area contributed by atoms with Gasteiger partial charge in [0.2, 0.25) is 0 Å². The third kappa shape index (κ3) is 5.14. The summed E-state index contributed by atoms with van der Waals surface area (Å²) in [5.41, 5.74) is 19.3. The topological polar surface area (TPSA) is 31.0 Å². The van der Waals surface area contributed by atoms with Crippen LogP contribution in [0.5, 0.6) is 0 Å². The average molecular weight is 777 g/mol. The van der Waals surface area contributed by atoms with E-state index >= 15 is 0 Å². The van der Waals surface area contributed by atoms with Gasteiger partial charge < -0.3 is 8.98 Å². The lowest BCUT2D eigenvalue weighted by molar-refractivity contribution is 0.669. The van der Waals surface area contributed by atoms with E-state index in [-0.39, 0.29) is 5.92 Å². The Kier molecular flexibility index (Phi) is 7.37. The van der Waals surface area contributed by atoms with Crippen LogP contribution in [-0.4, -0.2) is 9.55 Å². The van der Waals surface area contributed by atoms with Crippen LogP contribution in [-0.2, 0) is 0 Å². The Hall–Kier alpha value is -8.01. The highest BCUT2D eigenvalue weighted by Gasteiger charge is 2.33. The number of aromatic nitrogens is 2. The number of nitrogens with zero attached hydrogens (tertiary/aromatic N) is 2. The smallest absolute Gasteiger partial charge is 0.137 e. The van der Waals surface area contributed by atoms with Crippen molar-refractivity contribution in [3.63, 3.8) is 0 Å². The molecule has 0 amide bonds. The lowest BCUT2D eigenvalue weighted by Crippen LogP contribution is -2.00. The molecular weight excluding hydrogens is 741 g/mol. The lowest BCUT2D eigenvalue weighted by atomic mass is 9.87. The van der Waals surface area contributed by atoms with E-state index in [9.17, 15) is 0 Å². The zero-order valence-corrected chi connectivity index (χ0v) is 33.1. The summed E-state index contributed by atoms with van der Waals surface area (Å²) < 4.78 is 9.46. The van der Waals surface area contributed by atoms with E-state index in [2.05, 4.69) is 217 Å². The Morgan fingerprint density at radius 2 is 1.11 bits per heavy atom. The van der Waals surface area contributed by atoms with Gasteiger partial charge in [-0.2, -0.15) is 0 Å². The molecule has 1 unspecified atom stereocenters. The average Bonchev–Trinajstić information content (AvgIpc) is 3.99. The molecule has 1 aliphatic rings. The van der Waals surface area contributed by atoms with Crippen molar-refractivity contribution < 1.29 is 4.42 Å². The van der Waals surface area contributed by atoms with E-state index in [0.29, 0.717) is 0 Å². The highest BCUT2D eigenvalue weighted by molar-refractivity contribution is 6.18. The SMILES string of the molecule is c1ccc(-c2cc(-c3cc(-c4ccccc4)nc4ccccc34)c3c(c2)oc2cc(-n4c5ccccc5c5c6c(ccc54)-c4ccccc4C6c4ccccc4)ccc23)cc1. The molecule has 284 valence electrons. The zero-order chi connectivity index (χ0) is 40.0. The van der Waals surface area contributed by atoms with Crippen LogP contribution < -0.4 is 0 Å². The van der Waals surface area contributed by atoms with Gasteiger partial charge in [-0.05, 0) is 98.6 Å². The number of hydrogen-bond donors (Lipinski definition) is 0. The van der Waals surface area contributed by atoms with Gasteiger partial charge in [-0.3, -0.25) is 0 Å². The molecule has 1 atom stereocenters. The van der Waals surface area contributed by atoms with E-state index in [1.165, 1.54) is 49.6 Å². The molecule has 0 spiro atoms. The van der Waals surface area contributed by atoms with Gasteiger partial charge in [-0.25, -0.2) is 4.98 Å². The molecule has 3 aromatic heterocycles. The fourth-order valence-corrected chi connectivity index (χ4v) is 10.2. The molecule has 0 radical (unpaired) electrons. The normalized spacial score (nSPS) is 13.4. The summed E-state index contributed by atoms with van der Waals surface area (Å²) in [5, 5.41) is 5.84. The molecule has 0 N–H and O–H groups in total. The van der Waals surface area contributed by atoms with E-state index in [1.54, 1.807) is 0 Å². The first-order chi connectivity index (χ1) is 30.3. The van der Waals surface area contributed by atoms with Crippen LogP contribution in [0.4, 0.5) is 0 Å². The summed E-state index contributed by atoms with van der Waals surface area (Å²) in [7, 11) is 0. The van der Waals surface area contributed by atoms with Gasteiger partial charge in [0.05, 0.1) is 22.2 Å². The van der Waals surface area contributed by atoms with Crippen molar-refractivity contribution in [2.24, 2.45) is 0 Å². The monoisotopic (exact) mass is 776 g/mol. The Labute approximate surface area is 352 Å². The van der Waals surface area contributed by atoms with Crippen LogP contribution in [0.3, 0.4) is 0 Å². The van der Waals surface area contributed by atoms with Crippen molar-refractivity contribution in [2.75, 3.05) is 0 Å². The minimum atomic E-state index is 0.136. The van der Waals surface area contributed by atoms with Crippen molar-refractivity contribution in [1.29, 1.82) is 0 Å². The van der Waals surface area contributed by atoms with E-state index in [1.807, 2.05) is 0 Å². The van der Waals surface area contributed by atoms with Gasteiger partial charge in [0.15, 0.2) is 0 Å². The largest absolute Gasteiger partial charge is 0.456 e. The highest BCUT2D eigenvalue weighted by Crippen LogP contribution is 2.53. The molecule has 3 nitrogen and oxygen atoms in total. The van der Waals surface area contributed by atoms with Crippen LogP contribution in [0.1, 0.15) is 22.6 Å². The van der Waals surface area contributed by atoms with Crippen molar-refractivity contribution in [3.05, 3.63) is 229 Å². The molecule has 61 heavy (non-hydrogen) atoms. The van der Waals surface area contributed by atoms with Crippen LogP contribution in [0.25, 0.3) is 105 Å². The van der Waals surface area contributed by atoms with Gasteiger partial charge in [0.25, 0.3) is 0 Å². The second-order valence-corrected chi connectivity index (χ2v) is 16.2. The molecule has 3 heteroatoms. The van der Waals surface area contributed by atoms with Crippen LogP contribution in [0, 0.1) is 0 Å². The molecular formula is C58H36N2O. The van der Waals surface area contributed by atoms with Crippen LogP contribution in [0.2, 0.25) is 0 Å². The lowest BCUT2D eigenvalue weighted by Gasteiger charge is -2.16. The first-order valence-corrected chi connectivity index (χ1v) is 21.0. The standard InChI is InChI=1S/C58H36N2O/c1-4-16-36(17-5-1)39-32-48(47-35-50(37-18-6-2-7-19-37)59-49-26-14-12-23-42(47)49)56-46-29-28-40(34-53(46)61-54(56)33-39)60-51-27-15-13-25-45(51)57-52(60)31-30-44-41-22-10-11-24-43(41)55(58(44)57)38-20-8-3-9-21-38/h1-35,55H. The van der Waals surface area contributed by atoms with Gasteiger partial charge >= 0.3 is 0 Å². The van der Waals surface area contributed by atoms with E-state index in [0.717, 1.165) is 72.0 Å². The van der Waals surface area contributed by atoms with E-state index in [4.69, 9.17) is 9.40 Å². The van der Waals surface area contributed by atoms with Gasteiger partial charge in [0, 0.05) is 50.2 Å². The van der Waals surface area contributed by atoms with Crippen LogP contribution >= 0.6 is 0 Å². The van der Waals surface area contributed by atoms with Gasteiger partial charge in [0.1, 0.15) is 11.2 Å². The minimum absolute atomic E-state index is 0.136. The Balaban J connectivity index is 1.07. The maximum absolute atomic E-state index is 7.03. The van der Waals surface area contributed by atoms with Gasteiger partial charge in [-0.15, -0.1) is 0 Å². The predicted molar refractivity (Wildman–Crippen MR) is 252 cm³/mol. The van der Waals surface area contributed by atoms with Crippen molar-refractivity contribution >= 4 is 54.6 Å². The number of pyridine rings is 1. The first-order valence-electron chi connectivity index (χ1n) is 21.0. The van der Waals surface area contributed by atoms with Crippen molar-refractivity contribution in [3.8, 4) is 50.3 Å². The second-order valence-electron chi connectivity index (χ2n) is 16.2. The Morgan fingerprint density at radius 1 is 0.410 bits per heavy atom. The molecule has 0 saturated heterocycles. The minimum Gasteiger partial charge on any atom is -0.456 e. The molecule has 12 aromatic rings. The summed E-state index contributed by atoms with van der Waals surface area (Å²) in [6.07, 6.45) is 0. The summed E-state index contributed by atoms with van der Waals surface area (Å²) in [5.74, 6) is 0.136. The molecule has 3 heterocycles. The molecule has 9 aromatic carbocycles. The van der Waals surface area contributed by atoms with Gasteiger partial charge in [-0.1, -0.05) is 158 Å². The third-order valence-electron chi connectivity index (χ3n) is 12.9. The first kappa shape index (κ1) is 33.9. The fraction of sp³-hybridized carbons (Fsp3) is 0.0172. The molecule has 1 aliphatic carbocycles. The summed E-state index contributed by atoms with van der Waals surface area (Å²) in [6, 6.07) is 76.6. The zero-order valence-electron chi connectivity index (χ0n) is 33.1. The number of rotatable bonds is 5. The fourth-order valence-electron chi connectivity index (χ4n) is 10.2. The Bertz CT molecular complexity index is 3690. The second kappa shape index (κ2) is 13.3. The predicted octanol–water partition coefficient (Wildman–Crippen LogP) is 15.4. The summed E-state index contributed by atoms with van der Waals surface area (Å²) in [6.45, 7) is 0. The van der Waals surface area contributed by atoms with Crippen molar-refractivity contribution in [2.45, 2.75) is 5.92 Å². The molecule has 13 rings (SSSR count).